The Kier molecular flexibility index (Phi) is 3.27. The van der Waals surface area contributed by atoms with Crippen molar-refractivity contribution in [1.82, 2.24) is 14.9 Å². The summed E-state index contributed by atoms with van der Waals surface area (Å²) < 4.78 is 1.85. The average molecular weight is 306 g/mol. The minimum atomic E-state index is 0.253. The van der Waals surface area contributed by atoms with Gasteiger partial charge in [-0.3, -0.25) is 0 Å². The van der Waals surface area contributed by atoms with Crippen molar-refractivity contribution in [3.8, 4) is 11.4 Å². The van der Waals surface area contributed by atoms with Gasteiger partial charge >= 0.3 is 0 Å². The summed E-state index contributed by atoms with van der Waals surface area (Å²) in [7, 11) is 0. The standard InChI is InChI=1S/C17H14N4S/c1-12-15(13-8-4-2-5-9-13)20-21-16(18-19-17(21)22-12)14-10-6-3-7-11-14/h2-12H,1H3/t12-/m0/s1. The van der Waals surface area contributed by atoms with Crippen LogP contribution < -0.4 is 0 Å². The summed E-state index contributed by atoms with van der Waals surface area (Å²) >= 11 is 1.69. The van der Waals surface area contributed by atoms with Gasteiger partial charge in [0.25, 0.3) is 0 Å². The first-order valence-corrected chi connectivity index (χ1v) is 8.02. The molecule has 0 bridgehead atoms. The zero-order valence-electron chi connectivity index (χ0n) is 12.0. The van der Waals surface area contributed by atoms with Crippen molar-refractivity contribution >= 4 is 17.5 Å². The molecule has 0 fully saturated rings. The fraction of sp³-hybridized carbons (Fsp3) is 0.118. The highest BCUT2D eigenvalue weighted by Gasteiger charge is 2.25. The molecule has 2 aromatic carbocycles. The zero-order valence-corrected chi connectivity index (χ0v) is 12.9. The molecular formula is C17H14N4S. The smallest absolute Gasteiger partial charge is 0.187 e. The fourth-order valence-corrected chi connectivity index (χ4v) is 3.43. The lowest BCUT2D eigenvalue weighted by Crippen LogP contribution is -2.21. The van der Waals surface area contributed by atoms with E-state index in [0.29, 0.717) is 0 Å². The Balaban J connectivity index is 1.85. The van der Waals surface area contributed by atoms with Gasteiger partial charge in [-0.2, -0.15) is 9.78 Å². The van der Waals surface area contributed by atoms with Crippen molar-refractivity contribution in [1.29, 1.82) is 0 Å². The number of hydrogen-bond donors (Lipinski definition) is 0. The first kappa shape index (κ1) is 13.3. The molecule has 4 rings (SSSR count). The molecule has 0 radical (unpaired) electrons. The van der Waals surface area contributed by atoms with Gasteiger partial charge < -0.3 is 0 Å². The molecule has 0 saturated heterocycles. The van der Waals surface area contributed by atoms with Crippen LogP contribution in [0.15, 0.2) is 70.9 Å². The highest BCUT2D eigenvalue weighted by atomic mass is 32.2. The van der Waals surface area contributed by atoms with Crippen molar-refractivity contribution in [3.63, 3.8) is 0 Å². The number of aromatic nitrogens is 3. The molecule has 0 N–H and O–H groups in total. The third kappa shape index (κ3) is 2.23. The Morgan fingerprint density at radius 1 is 0.864 bits per heavy atom. The maximum absolute atomic E-state index is 4.82. The normalized spacial score (nSPS) is 17.0. The summed E-state index contributed by atoms with van der Waals surface area (Å²) in [5.74, 6) is 0.781. The summed E-state index contributed by atoms with van der Waals surface area (Å²) in [5, 5.41) is 14.5. The number of nitrogens with zero attached hydrogens (tertiary/aromatic N) is 4. The summed E-state index contributed by atoms with van der Waals surface area (Å²) in [6.07, 6.45) is 0. The van der Waals surface area contributed by atoms with E-state index in [1.54, 1.807) is 11.8 Å². The van der Waals surface area contributed by atoms with Gasteiger partial charge in [0.1, 0.15) is 0 Å². The molecule has 0 amide bonds. The molecule has 1 aliphatic heterocycles. The minimum Gasteiger partial charge on any atom is -0.187 e. The zero-order chi connectivity index (χ0) is 14.9. The molecule has 1 aliphatic rings. The molecule has 22 heavy (non-hydrogen) atoms. The maximum Gasteiger partial charge on any atom is 0.213 e. The van der Waals surface area contributed by atoms with Crippen molar-refractivity contribution < 1.29 is 0 Å². The number of rotatable bonds is 2. The Bertz CT molecular complexity index is 824. The van der Waals surface area contributed by atoms with E-state index in [2.05, 4.69) is 29.3 Å². The van der Waals surface area contributed by atoms with E-state index in [1.165, 1.54) is 0 Å². The van der Waals surface area contributed by atoms with Crippen LogP contribution in [0.3, 0.4) is 0 Å². The topological polar surface area (TPSA) is 43.1 Å². The van der Waals surface area contributed by atoms with Gasteiger partial charge in [-0.15, -0.1) is 10.2 Å². The van der Waals surface area contributed by atoms with Gasteiger partial charge in [0.2, 0.25) is 5.16 Å². The van der Waals surface area contributed by atoms with E-state index >= 15 is 0 Å². The predicted molar refractivity (Wildman–Crippen MR) is 89.2 cm³/mol. The molecule has 0 saturated carbocycles. The van der Waals surface area contributed by atoms with Gasteiger partial charge in [0.15, 0.2) is 5.82 Å². The molecule has 108 valence electrons. The van der Waals surface area contributed by atoms with Crippen LogP contribution in [-0.4, -0.2) is 25.8 Å². The van der Waals surface area contributed by atoms with Crippen molar-refractivity contribution in [3.05, 3.63) is 66.2 Å². The van der Waals surface area contributed by atoms with Crippen LogP contribution in [0.25, 0.3) is 11.4 Å². The van der Waals surface area contributed by atoms with Gasteiger partial charge in [-0.25, -0.2) is 0 Å². The first-order valence-electron chi connectivity index (χ1n) is 7.15. The summed E-state index contributed by atoms with van der Waals surface area (Å²) in [5.41, 5.74) is 3.21. The lowest BCUT2D eigenvalue weighted by molar-refractivity contribution is 0.754. The van der Waals surface area contributed by atoms with Gasteiger partial charge in [-0.1, -0.05) is 72.4 Å². The van der Waals surface area contributed by atoms with Crippen LogP contribution in [0.5, 0.6) is 0 Å². The molecule has 0 spiro atoms. The number of thioether (sulfide) groups is 1. The van der Waals surface area contributed by atoms with Gasteiger partial charge in [-0.05, 0) is 12.5 Å². The summed E-state index contributed by atoms with van der Waals surface area (Å²) in [6, 6.07) is 20.3. The van der Waals surface area contributed by atoms with Crippen LogP contribution in [0, 0.1) is 0 Å². The Morgan fingerprint density at radius 2 is 1.50 bits per heavy atom. The largest absolute Gasteiger partial charge is 0.213 e. The van der Waals surface area contributed by atoms with E-state index in [1.807, 2.05) is 53.2 Å². The Labute approximate surface area is 132 Å². The van der Waals surface area contributed by atoms with Crippen molar-refractivity contribution in [2.45, 2.75) is 17.3 Å². The maximum atomic E-state index is 4.82. The highest BCUT2D eigenvalue weighted by Crippen LogP contribution is 2.32. The van der Waals surface area contributed by atoms with Crippen LogP contribution in [0.1, 0.15) is 12.5 Å². The average Bonchev–Trinajstić information content (AvgIpc) is 2.98. The van der Waals surface area contributed by atoms with Gasteiger partial charge in [0.05, 0.1) is 11.0 Å². The quantitative estimate of drug-likeness (QED) is 0.725. The predicted octanol–water partition coefficient (Wildman–Crippen LogP) is 3.69. The lowest BCUT2D eigenvalue weighted by atomic mass is 10.1. The second-order valence-corrected chi connectivity index (χ2v) is 6.40. The molecule has 1 aromatic heterocycles. The minimum absolute atomic E-state index is 0.253. The van der Waals surface area contributed by atoms with Crippen molar-refractivity contribution in [2.75, 3.05) is 0 Å². The van der Waals surface area contributed by atoms with Crippen LogP contribution >= 0.6 is 11.8 Å². The van der Waals surface area contributed by atoms with E-state index in [-0.39, 0.29) is 5.25 Å². The molecule has 5 heteroatoms. The Hall–Kier alpha value is -2.40. The van der Waals surface area contributed by atoms with Crippen LogP contribution in [0.4, 0.5) is 0 Å². The third-order valence-electron chi connectivity index (χ3n) is 3.59. The van der Waals surface area contributed by atoms with Crippen LogP contribution in [-0.2, 0) is 0 Å². The fourth-order valence-electron chi connectivity index (χ4n) is 2.50. The second-order valence-electron chi connectivity index (χ2n) is 5.10. The van der Waals surface area contributed by atoms with E-state index in [0.717, 1.165) is 27.8 Å². The molecule has 2 heterocycles. The molecular weight excluding hydrogens is 292 g/mol. The lowest BCUT2D eigenvalue weighted by Gasteiger charge is -2.19. The first-order chi connectivity index (χ1) is 10.8. The Morgan fingerprint density at radius 3 is 2.18 bits per heavy atom. The van der Waals surface area contributed by atoms with E-state index < -0.39 is 0 Å². The number of hydrogen-bond acceptors (Lipinski definition) is 4. The molecule has 4 nitrogen and oxygen atoms in total. The van der Waals surface area contributed by atoms with E-state index in [4.69, 9.17) is 5.10 Å². The van der Waals surface area contributed by atoms with Crippen molar-refractivity contribution in [2.24, 2.45) is 5.10 Å². The monoisotopic (exact) mass is 306 g/mol. The molecule has 1 atom stereocenters. The van der Waals surface area contributed by atoms with E-state index in [9.17, 15) is 0 Å². The number of benzene rings is 2. The highest BCUT2D eigenvalue weighted by molar-refractivity contribution is 8.00. The summed E-state index contributed by atoms with van der Waals surface area (Å²) in [4.78, 5) is 0. The molecule has 0 unspecified atom stereocenters. The molecule has 0 aliphatic carbocycles. The van der Waals surface area contributed by atoms with Crippen LogP contribution in [0.2, 0.25) is 0 Å². The third-order valence-corrected chi connectivity index (χ3v) is 4.63. The second kappa shape index (κ2) is 5.42. The summed E-state index contributed by atoms with van der Waals surface area (Å²) in [6.45, 7) is 2.15. The molecule has 3 aromatic rings. The SMILES string of the molecule is C[C@@H]1Sc2nnc(-c3ccccc3)n2N=C1c1ccccc1. The van der Waals surface area contributed by atoms with Gasteiger partial charge in [0, 0.05) is 5.56 Å². The number of fused-ring (bicyclic) bond motifs is 1.